The Morgan fingerprint density at radius 1 is 0.743 bits per heavy atom. The number of nitrogens with zero attached hydrogens (tertiary/aromatic N) is 2. The number of fused-ring (bicyclic) bond motifs is 8. The van der Waals surface area contributed by atoms with Gasteiger partial charge >= 0.3 is 13.3 Å². The molecule has 0 unspecified atom stereocenters. The summed E-state index contributed by atoms with van der Waals surface area (Å²) in [5, 5.41) is 1.25. The summed E-state index contributed by atoms with van der Waals surface area (Å²) >= 11 is 0. The molecule has 2 aliphatic carbocycles. The summed E-state index contributed by atoms with van der Waals surface area (Å²) in [7, 11) is 1.33. The number of hydrogen-bond acceptors (Lipinski definition) is 6. The van der Waals surface area contributed by atoms with E-state index in [0.717, 1.165) is 106 Å². The lowest BCUT2D eigenvalue weighted by Gasteiger charge is -2.24. The Hall–Kier alpha value is -8.41. The Bertz CT molecular complexity index is 3750. The summed E-state index contributed by atoms with van der Waals surface area (Å²) in [6, 6.07) is 44.9. The number of aryl methyl sites for hydroxylation is 5. The second-order valence-electron chi connectivity index (χ2n) is 19.7. The minimum atomic E-state index is -1.77. The first-order valence-corrected chi connectivity index (χ1v) is 25.3. The monoisotopic (exact) mass is 976 g/mol. The quantitative estimate of drug-likeness (QED) is 0.0634. The fourth-order valence-corrected chi connectivity index (χ4v) is 11.8. The molecule has 4 aliphatic rings. The van der Waals surface area contributed by atoms with Crippen molar-refractivity contribution >= 4 is 53.2 Å². The highest BCUT2D eigenvalue weighted by atomic mass is 19.1. The number of benzene rings is 7. The number of aromatic amines is 1. The van der Waals surface area contributed by atoms with Gasteiger partial charge in [0.05, 0.1) is 17.7 Å². The van der Waals surface area contributed by atoms with Crippen LogP contribution in [0.2, 0.25) is 0 Å². The zero-order valence-electron chi connectivity index (χ0n) is 41.7. The molecule has 0 saturated heterocycles. The van der Waals surface area contributed by atoms with Crippen LogP contribution in [-0.2, 0) is 35.1 Å². The topological polar surface area (TPSA) is 101 Å². The van der Waals surface area contributed by atoms with E-state index in [1.54, 1.807) is 41.9 Å². The van der Waals surface area contributed by atoms with Gasteiger partial charge in [0.15, 0.2) is 17.7 Å². The molecule has 364 valence electrons. The second kappa shape index (κ2) is 18.9. The van der Waals surface area contributed by atoms with E-state index in [0.29, 0.717) is 56.1 Å². The van der Waals surface area contributed by atoms with Gasteiger partial charge in [0.1, 0.15) is 17.2 Å². The molecule has 9 nitrogen and oxygen atoms in total. The van der Waals surface area contributed by atoms with Crippen LogP contribution in [0.1, 0.15) is 90.2 Å². The van der Waals surface area contributed by atoms with Crippen LogP contribution >= 0.6 is 0 Å². The SMILES string of the molecule is COB(F)[N+]1=C2C(=C/C1=C(/c1cc3c([nH]1)-c1ccccc1CCC3)c1c(C)cc(OC(=O)Cc3ccc(N(C)C(=O)c4ccc5c6c(ccc(C=O)c46)-c4ccccc4O5)cc3)cc1C)CCCc1ccccc12. The average molecular weight is 977 g/mol. The van der Waals surface area contributed by atoms with E-state index >= 15 is 4.32 Å². The molecule has 0 spiro atoms. The van der Waals surface area contributed by atoms with E-state index in [9.17, 15) is 14.4 Å². The zero-order chi connectivity index (χ0) is 50.8. The first kappa shape index (κ1) is 46.7. The number of halogens is 1. The van der Waals surface area contributed by atoms with Gasteiger partial charge in [0.25, 0.3) is 5.91 Å². The van der Waals surface area contributed by atoms with Crippen molar-refractivity contribution in [2.75, 3.05) is 19.1 Å². The summed E-state index contributed by atoms with van der Waals surface area (Å²) in [5.41, 5.74) is 17.7. The van der Waals surface area contributed by atoms with Gasteiger partial charge in [0, 0.05) is 75.8 Å². The number of hydrogen-bond donors (Lipinski definition) is 1. The van der Waals surface area contributed by atoms with Gasteiger partial charge < -0.3 is 24.0 Å². The fourth-order valence-electron chi connectivity index (χ4n) is 11.8. The van der Waals surface area contributed by atoms with Crippen molar-refractivity contribution in [3.8, 4) is 39.6 Å². The molecule has 7 aromatic carbocycles. The summed E-state index contributed by atoms with van der Waals surface area (Å²) in [6.07, 6.45) is 8.43. The van der Waals surface area contributed by atoms with Gasteiger partial charge in [-0.1, -0.05) is 84.9 Å². The fraction of sp³-hybridized carbons (Fsp3) is 0.175. The van der Waals surface area contributed by atoms with Crippen LogP contribution < -0.4 is 14.4 Å². The third-order valence-electron chi connectivity index (χ3n) is 15.2. The number of carbonyl (C=O) groups is 3. The first-order chi connectivity index (χ1) is 36.1. The summed E-state index contributed by atoms with van der Waals surface area (Å²) in [5.74, 6) is 0.944. The smallest absolute Gasteiger partial charge is 0.456 e. The third-order valence-corrected chi connectivity index (χ3v) is 15.2. The maximum Gasteiger partial charge on any atom is 0.892 e. The number of amides is 1. The summed E-state index contributed by atoms with van der Waals surface area (Å²) in [4.78, 5) is 45.8. The van der Waals surface area contributed by atoms with Crippen molar-refractivity contribution in [2.45, 2.75) is 58.8 Å². The molecule has 8 aromatic rings. The number of aldehydes is 1. The van der Waals surface area contributed by atoms with Gasteiger partial charge in [-0.3, -0.25) is 14.4 Å². The molecule has 1 amide bonds. The Morgan fingerprint density at radius 3 is 2.16 bits per heavy atom. The number of nitrogens with one attached hydrogen (secondary N) is 1. The van der Waals surface area contributed by atoms with Gasteiger partial charge in [-0.2, -0.15) is 0 Å². The van der Waals surface area contributed by atoms with Crippen LogP contribution in [-0.4, -0.2) is 54.8 Å². The Kier molecular flexibility index (Phi) is 11.9. The number of esters is 1. The maximum absolute atomic E-state index is 16.8. The highest BCUT2D eigenvalue weighted by Gasteiger charge is 2.48. The number of carbonyl (C=O) groups excluding carboxylic acids is 3. The molecule has 12 rings (SSSR count). The van der Waals surface area contributed by atoms with E-state index in [1.807, 2.05) is 80.6 Å². The van der Waals surface area contributed by atoms with Crippen molar-refractivity contribution in [3.05, 3.63) is 218 Å². The van der Waals surface area contributed by atoms with Crippen LogP contribution in [0.3, 0.4) is 0 Å². The van der Waals surface area contributed by atoms with Crippen LogP contribution in [0.4, 0.5) is 10.0 Å². The lowest BCUT2D eigenvalue weighted by atomic mass is 9.89. The van der Waals surface area contributed by atoms with E-state index < -0.39 is 13.3 Å². The predicted molar refractivity (Wildman–Crippen MR) is 289 cm³/mol. The average Bonchev–Trinajstić information content (AvgIpc) is 3.89. The molecule has 1 N–H and O–H groups in total. The number of rotatable bonds is 10. The minimum absolute atomic E-state index is 0.0147. The Balaban J connectivity index is 0.851. The summed E-state index contributed by atoms with van der Waals surface area (Å²) < 4.78 is 36.4. The van der Waals surface area contributed by atoms with E-state index in [4.69, 9.17) is 14.1 Å². The number of H-pyrrole nitrogens is 1. The lowest BCUT2D eigenvalue weighted by molar-refractivity contribution is -0.349. The zero-order valence-corrected chi connectivity index (χ0v) is 41.7. The number of allylic oxidation sites excluding steroid dienone is 2. The lowest BCUT2D eigenvalue weighted by Crippen LogP contribution is -2.32. The van der Waals surface area contributed by atoms with Crippen LogP contribution in [0, 0.1) is 13.8 Å². The number of anilines is 1. The van der Waals surface area contributed by atoms with Crippen molar-refractivity contribution in [1.82, 2.24) is 4.98 Å². The van der Waals surface area contributed by atoms with E-state index in [-0.39, 0.29) is 12.3 Å². The molecule has 1 aromatic heterocycles. The molecule has 11 heteroatoms. The van der Waals surface area contributed by atoms with Crippen molar-refractivity contribution < 1.29 is 37.3 Å². The molecular formula is C63H52BFN3O6+. The molecule has 3 heterocycles. The third kappa shape index (κ3) is 7.99. The highest BCUT2D eigenvalue weighted by molar-refractivity contribution is 6.37. The molecule has 0 bridgehead atoms. The second-order valence-corrected chi connectivity index (χ2v) is 19.7. The molecule has 0 atom stereocenters. The minimum Gasteiger partial charge on any atom is -0.456 e. The Morgan fingerprint density at radius 2 is 1.42 bits per heavy atom. The Labute approximate surface area is 429 Å². The first-order valence-electron chi connectivity index (χ1n) is 25.3. The standard InChI is InChI=1S/C63H51BFN3O6/c1-37-31-46(73-56(70)33-39-23-26-45(27-24-39)67(3)63(71)51-29-30-55-59-50(28-25-44(36-69)58(51)59)49-21-9-10-22-54(49)74-55)32-38(2)57(37)60(52-34-42-17-11-15-40-13-5-7-19-47(40)61(42)66-52)53-35-43-18-12-16-41-14-6-8-20-48(41)62(43)68(53)64(65)72-4/h5-10,13-14,19-32,34-36H,11-12,15-18,33H2,1-4H3/p+1. The van der Waals surface area contributed by atoms with E-state index in [2.05, 4.69) is 53.5 Å². The molecule has 0 saturated carbocycles. The molecular weight excluding hydrogens is 925 g/mol. The van der Waals surface area contributed by atoms with Gasteiger partial charge in [0.2, 0.25) is 0 Å². The molecule has 74 heavy (non-hydrogen) atoms. The van der Waals surface area contributed by atoms with Crippen molar-refractivity contribution in [3.63, 3.8) is 0 Å². The largest absolute Gasteiger partial charge is 0.892 e. The number of aromatic nitrogens is 1. The van der Waals surface area contributed by atoms with E-state index in [1.165, 1.54) is 34.3 Å². The van der Waals surface area contributed by atoms with Crippen LogP contribution in [0.15, 0.2) is 157 Å². The van der Waals surface area contributed by atoms with Crippen LogP contribution in [0.25, 0.3) is 38.7 Å². The molecule has 0 fully saturated rings. The van der Waals surface area contributed by atoms with Gasteiger partial charge in [-0.05, 0) is 151 Å². The predicted octanol–water partition coefficient (Wildman–Crippen LogP) is 13.1. The van der Waals surface area contributed by atoms with Crippen LogP contribution in [0.5, 0.6) is 17.2 Å². The van der Waals surface area contributed by atoms with Crippen molar-refractivity contribution in [1.29, 1.82) is 0 Å². The normalized spacial score (nSPS) is 14.8. The molecule has 2 aliphatic heterocycles. The maximum atomic E-state index is 16.8. The van der Waals surface area contributed by atoms with Crippen molar-refractivity contribution in [2.24, 2.45) is 0 Å². The van der Waals surface area contributed by atoms with Gasteiger partial charge in [-0.15, -0.1) is 0 Å². The molecule has 0 radical (unpaired) electrons. The number of ether oxygens (including phenoxy) is 2. The highest BCUT2D eigenvalue weighted by Crippen LogP contribution is 2.48. The summed E-state index contributed by atoms with van der Waals surface area (Å²) in [6.45, 7) is 4.02. The van der Waals surface area contributed by atoms with Gasteiger partial charge in [-0.25, -0.2) is 8.80 Å². The number of para-hydroxylation sites is 1.